The normalized spacial score (nSPS) is 9.84. The maximum atomic E-state index is 9.22. The summed E-state index contributed by atoms with van der Waals surface area (Å²) in [7, 11) is 0. The van der Waals surface area contributed by atoms with E-state index in [9.17, 15) is 5.11 Å². The Bertz CT molecular complexity index is 743. The van der Waals surface area contributed by atoms with Gasteiger partial charge in [0.25, 0.3) is 0 Å². The van der Waals surface area contributed by atoms with Crippen molar-refractivity contribution in [3.05, 3.63) is 31.9 Å². The number of aromatic nitrogens is 3. The van der Waals surface area contributed by atoms with Gasteiger partial charge < -0.3 is 15.7 Å². The summed E-state index contributed by atoms with van der Waals surface area (Å²) in [5.41, 5.74) is 0.501. The minimum Gasteiger partial charge on any atom is -0.506 e. The summed E-state index contributed by atoms with van der Waals surface area (Å²) in [6.07, 6.45) is 0. The van der Waals surface area contributed by atoms with E-state index in [1.54, 1.807) is 12.1 Å². The lowest BCUT2D eigenvalue weighted by atomic mass is 10.2. The Hall–Kier alpha value is -1.63. The molecule has 0 radical (unpaired) electrons. The van der Waals surface area contributed by atoms with Gasteiger partial charge in [0.05, 0.1) is 20.6 Å². The van der Waals surface area contributed by atoms with E-state index in [2.05, 4.69) is 57.4 Å². The number of aromatic hydroxyl groups is 1. The smallest absolute Gasteiger partial charge is 0.228 e. The van der Waals surface area contributed by atoms with Crippen molar-refractivity contribution in [2.24, 2.45) is 0 Å². The van der Waals surface area contributed by atoms with E-state index in [-0.39, 0.29) is 17.1 Å². The second-order valence-electron chi connectivity index (χ2n) is 4.98. The summed E-state index contributed by atoms with van der Waals surface area (Å²) in [5.74, 6) is 1.11. The Kier molecular flexibility index (Phi) is 8.89. The van der Waals surface area contributed by atoms with Crippen molar-refractivity contribution in [3.8, 4) is 11.8 Å². The molecule has 0 saturated carbocycles. The number of phenolic OH excluding ortho intramolecular Hbond substituents is 1. The van der Waals surface area contributed by atoms with Crippen LogP contribution in [0, 0.1) is 11.3 Å². The van der Waals surface area contributed by atoms with Gasteiger partial charge in [-0.25, -0.2) is 0 Å². The molecule has 0 aliphatic carbocycles. The molecular weight excluding hydrogens is 475 g/mol. The van der Waals surface area contributed by atoms with E-state index in [0.29, 0.717) is 26.4 Å². The number of hydrogen-bond acceptors (Lipinski definition) is 7. The van der Waals surface area contributed by atoms with E-state index in [0.717, 1.165) is 6.54 Å². The molecule has 1 aromatic heterocycles. The molecule has 0 atom stereocenters. The van der Waals surface area contributed by atoms with Crippen LogP contribution in [0.5, 0.6) is 5.75 Å². The molecule has 0 bridgehead atoms. The van der Waals surface area contributed by atoms with Crippen molar-refractivity contribution in [2.75, 3.05) is 17.2 Å². The van der Waals surface area contributed by atoms with Gasteiger partial charge in [0.15, 0.2) is 0 Å². The van der Waals surface area contributed by atoms with Crippen LogP contribution in [-0.4, -0.2) is 32.6 Å². The molecule has 3 N–H and O–H groups in total. The zero-order valence-corrected chi connectivity index (χ0v) is 17.7. The Morgan fingerprint density at radius 3 is 2.24 bits per heavy atom. The molecule has 0 aliphatic heterocycles. The number of rotatable bonds is 4. The Balaban J connectivity index is 0.000000257. The van der Waals surface area contributed by atoms with Gasteiger partial charge in [-0.1, -0.05) is 0 Å². The molecule has 7 nitrogen and oxygen atoms in total. The number of phenols is 1. The van der Waals surface area contributed by atoms with Crippen LogP contribution in [0.3, 0.4) is 0 Å². The molecule has 1 aromatic carbocycles. The lowest BCUT2D eigenvalue weighted by molar-refractivity contribution is 0.468. The lowest BCUT2D eigenvalue weighted by Gasteiger charge is -2.09. The van der Waals surface area contributed by atoms with E-state index in [1.807, 2.05) is 26.8 Å². The van der Waals surface area contributed by atoms with Crippen molar-refractivity contribution >= 4 is 55.4 Å². The maximum absolute atomic E-state index is 9.22. The van der Waals surface area contributed by atoms with Gasteiger partial charge in [0, 0.05) is 12.6 Å². The summed E-state index contributed by atoms with van der Waals surface area (Å²) in [6, 6.07) is 5.34. The summed E-state index contributed by atoms with van der Waals surface area (Å²) in [4.78, 5) is 12.0. The molecule has 10 heteroatoms. The van der Waals surface area contributed by atoms with Gasteiger partial charge in [-0.05, 0) is 76.4 Å². The Labute approximate surface area is 168 Å². The predicted octanol–water partition coefficient (Wildman–Crippen LogP) is 4.57. The lowest BCUT2D eigenvalue weighted by Crippen LogP contribution is -2.14. The van der Waals surface area contributed by atoms with Crippen LogP contribution >= 0.6 is 43.5 Å². The quantitative estimate of drug-likeness (QED) is 0.574. The third kappa shape index (κ3) is 7.42. The van der Waals surface area contributed by atoms with E-state index in [4.69, 9.17) is 16.9 Å². The largest absolute Gasteiger partial charge is 0.506 e. The van der Waals surface area contributed by atoms with Crippen LogP contribution < -0.4 is 10.6 Å². The fourth-order valence-corrected chi connectivity index (χ4v) is 2.89. The standard InChI is InChI=1S/C8H14ClN5.C7H3Br2NO/c1-4-10-7-12-6(9)13-8(14-7)11-5(2)3;8-5-1-4(3-10)2-6(9)7(5)11/h5H,4H2,1-3H3,(H2,10,11,12,13,14);1-2,11H. The molecule has 0 spiro atoms. The van der Waals surface area contributed by atoms with Crippen LogP contribution in [-0.2, 0) is 0 Å². The first kappa shape index (κ1) is 21.4. The summed E-state index contributed by atoms with van der Waals surface area (Å²) in [5, 5.41) is 24.0. The van der Waals surface area contributed by atoms with Crippen LogP contribution in [0.4, 0.5) is 11.9 Å². The monoisotopic (exact) mass is 490 g/mol. The number of hydrogen-bond donors (Lipinski definition) is 3. The highest BCUT2D eigenvalue weighted by Gasteiger charge is 2.05. The maximum Gasteiger partial charge on any atom is 0.228 e. The predicted molar refractivity (Wildman–Crippen MR) is 106 cm³/mol. The van der Waals surface area contributed by atoms with Gasteiger partial charge in [-0.2, -0.15) is 20.2 Å². The first-order chi connectivity index (χ1) is 11.8. The number of nitriles is 1. The second-order valence-corrected chi connectivity index (χ2v) is 7.03. The third-order valence-electron chi connectivity index (χ3n) is 2.51. The zero-order chi connectivity index (χ0) is 19.0. The van der Waals surface area contributed by atoms with Crippen LogP contribution in [0.2, 0.25) is 5.28 Å². The molecule has 25 heavy (non-hydrogen) atoms. The number of anilines is 2. The van der Waals surface area contributed by atoms with Gasteiger partial charge >= 0.3 is 0 Å². The van der Waals surface area contributed by atoms with Crippen molar-refractivity contribution in [1.82, 2.24) is 15.0 Å². The van der Waals surface area contributed by atoms with Crippen molar-refractivity contribution in [3.63, 3.8) is 0 Å². The SMILES string of the molecule is CCNc1nc(Cl)nc(NC(C)C)n1.N#Cc1cc(Br)c(O)c(Br)c1. The van der Waals surface area contributed by atoms with Crippen molar-refractivity contribution < 1.29 is 5.11 Å². The third-order valence-corrected chi connectivity index (χ3v) is 3.88. The number of halogens is 3. The molecule has 134 valence electrons. The number of nitrogens with zero attached hydrogens (tertiary/aromatic N) is 4. The summed E-state index contributed by atoms with van der Waals surface area (Å²) < 4.78 is 1.03. The minimum atomic E-state index is 0.115. The van der Waals surface area contributed by atoms with Crippen molar-refractivity contribution in [1.29, 1.82) is 5.26 Å². The molecule has 2 aromatic rings. The van der Waals surface area contributed by atoms with Gasteiger partial charge in [-0.3, -0.25) is 0 Å². The van der Waals surface area contributed by atoms with Crippen LogP contribution in [0.1, 0.15) is 26.3 Å². The Morgan fingerprint density at radius 2 is 1.76 bits per heavy atom. The second kappa shape index (κ2) is 10.4. The van der Waals surface area contributed by atoms with E-state index in [1.165, 1.54) is 0 Å². The number of nitrogens with one attached hydrogen (secondary N) is 2. The number of benzene rings is 1. The highest BCUT2D eigenvalue weighted by Crippen LogP contribution is 2.32. The molecule has 0 saturated heterocycles. The summed E-state index contributed by atoms with van der Waals surface area (Å²) >= 11 is 11.9. The molecule has 2 rings (SSSR count). The zero-order valence-electron chi connectivity index (χ0n) is 13.8. The van der Waals surface area contributed by atoms with Gasteiger partial charge in [0.1, 0.15) is 5.75 Å². The first-order valence-corrected chi connectivity index (χ1v) is 9.23. The average Bonchev–Trinajstić information content (AvgIpc) is 2.51. The first-order valence-electron chi connectivity index (χ1n) is 7.26. The topological polar surface area (TPSA) is 107 Å². The van der Waals surface area contributed by atoms with E-state index < -0.39 is 0 Å². The molecule has 0 unspecified atom stereocenters. The highest BCUT2D eigenvalue weighted by atomic mass is 79.9. The molecule has 1 heterocycles. The fraction of sp³-hybridized carbons (Fsp3) is 0.333. The highest BCUT2D eigenvalue weighted by molar-refractivity contribution is 9.11. The van der Waals surface area contributed by atoms with Gasteiger partial charge in [0.2, 0.25) is 17.2 Å². The average molecular weight is 493 g/mol. The molecule has 0 amide bonds. The molecule has 0 fully saturated rings. The van der Waals surface area contributed by atoms with Crippen LogP contribution in [0.25, 0.3) is 0 Å². The Morgan fingerprint density at radius 1 is 1.20 bits per heavy atom. The summed E-state index contributed by atoms with van der Waals surface area (Å²) in [6.45, 7) is 6.73. The van der Waals surface area contributed by atoms with Gasteiger partial charge in [-0.15, -0.1) is 0 Å². The molecular formula is C15H17Br2ClN6O. The van der Waals surface area contributed by atoms with Crippen LogP contribution in [0.15, 0.2) is 21.1 Å². The fourth-order valence-electron chi connectivity index (χ4n) is 1.54. The van der Waals surface area contributed by atoms with E-state index >= 15 is 0 Å². The van der Waals surface area contributed by atoms with Crippen molar-refractivity contribution in [2.45, 2.75) is 26.8 Å². The molecule has 0 aliphatic rings. The minimum absolute atomic E-state index is 0.115.